The molecule has 0 unspecified atom stereocenters. The fourth-order valence-electron chi connectivity index (χ4n) is 5.00. The minimum absolute atomic E-state index is 0.204. The molecule has 1 fully saturated rings. The average molecular weight is 494 g/mol. The van der Waals surface area contributed by atoms with E-state index >= 15 is 0 Å². The smallest absolute Gasteiger partial charge is 0.328 e. The van der Waals surface area contributed by atoms with Crippen molar-refractivity contribution < 1.29 is 14.3 Å². The predicted molar refractivity (Wildman–Crippen MR) is 140 cm³/mol. The van der Waals surface area contributed by atoms with Crippen LogP contribution >= 0.6 is 0 Å². The number of hydrogen-bond acceptors (Lipinski definition) is 5. The van der Waals surface area contributed by atoms with E-state index in [0.717, 1.165) is 45.2 Å². The van der Waals surface area contributed by atoms with E-state index in [-0.39, 0.29) is 11.5 Å². The van der Waals surface area contributed by atoms with Crippen LogP contribution in [-0.2, 0) is 17.8 Å². The van der Waals surface area contributed by atoms with Crippen molar-refractivity contribution in [3.63, 3.8) is 0 Å². The molecule has 3 aromatic rings. The first-order valence-electron chi connectivity index (χ1n) is 12.7. The zero-order valence-corrected chi connectivity index (χ0v) is 21.1. The normalized spacial score (nSPS) is 14.2. The summed E-state index contributed by atoms with van der Waals surface area (Å²) < 4.78 is 11.8. The van der Waals surface area contributed by atoms with Crippen molar-refractivity contribution in [2.75, 3.05) is 27.3 Å². The third-order valence-electron chi connectivity index (χ3n) is 7.09. The molecule has 0 aliphatic carbocycles. The van der Waals surface area contributed by atoms with Gasteiger partial charge in [-0.25, -0.2) is 4.79 Å². The summed E-state index contributed by atoms with van der Waals surface area (Å²) in [4.78, 5) is 42.8. The molecule has 0 atom stereocenters. The molecule has 192 valence electrons. The van der Waals surface area contributed by atoms with Gasteiger partial charge < -0.3 is 19.4 Å². The van der Waals surface area contributed by atoms with Crippen LogP contribution in [0.2, 0.25) is 0 Å². The van der Waals surface area contributed by atoms with E-state index in [1.807, 2.05) is 11.0 Å². The number of nitrogens with zero attached hydrogens (tertiary/aromatic N) is 2. The van der Waals surface area contributed by atoms with Gasteiger partial charge in [-0.3, -0.25) is 14.2 Å². The summed E-state index contributed by atoms with van der Waals surface area (Å²) in [6.45, 7) is 1.95. The van der Waals surface area contributed by atoms with Gasteiger partial charge in [0.15, 0.2) is 11.5 Å². The minimum Gasteiger partial charge on any atom is -0.493 e. The van der Waals surface area contributed by atoms with Crippen molar-refractivity contribution in [3.05, 3.63) is 68.9 Å². The number of benzene rings is 2. The summed E-state index contributed by atoms with van der Waals surface area (Å²) in [7, 11) is 3.00. The Hall–Kier alpha value is -3.55. The van der Waals surface area contributed by atoms with Crippen LogP contribution in [0.5, 0.6) is 11.5 Å². The summed E-state index contributed by atoms with van der Waals surface area (Å²) in [5.74, 6) is 1.72. The lowest BCUT2D eigenvalue weighted by Gasteiger charge is -2.32. The minimum atomic E-state index is -0.450. The molecule has 1 aliphatic rings. The summed E-state index contributed by atoms with van der Waals surface area (Å²) in [5.41, 5.74) is 0.973. The largest absolute Gasteiger partial charge is 0.493 e. The Balaban J connectivity index is 1.24. The maximum Gasteiger partial charge on any atom is 0.328 e. The Morgan fingerprint density at radius 1 is 0.972 bits per heavy atom. The second-order valence-electron chi connectivity index (χ2n) is 9.46. The number of methoxy groups -OCH3 is 2. The topological polar surface area (TPSA) is 93.6 Å². The Morgan fingerprint density at radius 2 is 1.67 bits per heavy atom. The van der Waals surface area contributed by atoms with E-state index in [1.54, 1.807) is 12.1 Å². The van der Waals surface area contributed by atoms with Gasteiger partial charge in [0.1, 0.15) is 0 Å². The summed E-state index contributed by atoms with van der Waals surface area (Å²) in [6.07, 6.45) is 5.84. The number of ether oxygens (including phenoxy) is 2. The second kappa shape index (κ2) is 11.9. The third kappa shape index (κ3) is 5.98. The van der Waals surface area contributed by atoms with Gasteiger partial charge in [-0.1, -0.05) is 36.8 Å². The number of piperidine rings is 1. The molecule has 0 saturated carbocycles. The Labute approximate surface area is 210 Å². The lowest BCUT2D eigenvalue weighted by Crippen LogP contribution is -2.38. The third-order valence-corrected chi connectivity index (χ3v) is 7.09. The second-order valence-corrected chi connectivity index (χ2v) is 9.46. The number of carbonyl (C=O) groups excluding carboxylic acids is 1. The van der Waals surface area contributed by atoms with Crippen molar-refractivity contribution in [2.24, 2.45) is 5.92 Å². The number of hydrogen-bond donors (Lipinski definition) is 1. The van der Waals surface area contributed by atoms with Crippen LogP contribution in [0.3, 0.4) is 0 Å². The number of fused-ring (bicyclic) bond motifs is 1. The highest BCUT2D eigenvalue weighted by molar-refractivity contribution is 5.81. The fourth-order valence-corrected chi connectivity index (χ4v) is 5.00. The number of likely N-dealkylation sites (tertiary alicyclic amines) is 1. The molecular weight excluding hydrogens is 458 g/mol. The molecule has 36 heavy (non-hydrogen) atoms. The van der Waals surface area contributed by atoms with Crippen molar-refractivity contribution in [3.8, 4) is 11.5 Å². The Kier molecular flexibility index (Phi) is 8.46. The molecule has 2 heterocycles. The Bertz CT molecular complexity index is 1290. The van der Waals surface area contributed by atoms with Gasteiger partial charge in [0.25, 0.3) is 5.56 Å². The highest BCUT2D eigenvalue weighted by atomic mass is 16.5. The molecule has 0 radical (unpaired) electrons. The lowest BCUT2D eigenvalue weighted by molar-refractivity contribution is -0.132. The molecule has 1 N–H and O–H groups in total. The number of H-pyrrole nitrogens is 1. The Morgan fingerprint density at radius 3 is 2.36 bits per heavy atom. The number of carbonyl (C=O) groups is 1. The lowest BCUT2D eigenvalue weighted by atomic mass is 9.90. The summed E-state index contributed by atoms with van der Waals surface area (Å²) >= 11 is 0. The monoisotopic (exact) mass is 493 g/mol. The van der Waals surface area contributed by atoms with E-state index in [2.05, 4.69) is 29.2 Å². The van der Waals surface area contributed by atoms with Crippen LogP contribution in [0.4, 0.5) is 0 Å². The molecule has 8 nitrogen and oxygen atoms in total. The van der Waals surface area contributed by atoms with E-state index in [1.165, 1.54) is 24.4 Å². The van der Waals surface area contributed by atoms with Gasteiger partial charge in [-0.2, -0.15) is 0 Å². The predicted octanol–water partition coefficient (Wildman–Crippen LogP) is 3.75. The van der Waals surface area contributed by atoms with E-state index in [4.69, 9.17) is 9.47 Å². The zero-order valence-electron chi connectivity index (χ0n) is 21.1. The van der Waals surface area contributed by atoms with Gasteiger partial charge in [0.05, 0.1) is 25.1 Å². The van der Waals surface area contributed by atoms with Crippen molar-refractivity contribution in [1.29, 1.82) is 0 Å². The first-order valence-corrected chi connectivity index (χ1v) is 12.7. The molecule has 1 saturated heterocycles. The van der Waals surface area contributed by atoms with E-state index in [9.17, 15) is 14.4 Å². The van der Waals surface area contributed by atoms with Crippen molar-refractivity contribution in [1.82, 2.24) is 14.5 Å². The van der Waals surface area contributed by atoms with Crippen molar-refractivity contribution >= 4 is 16.8 Å². The summed E-state index contributed by atoms with van der Waals surface area (Å²) in [6, 6.07) is 13.7. The zero-order chi connectivity index (χ0) is 25.5. The molecule has 4 rings (SSSR count). The number of rotatable bonds is 10. The van der Waals surface area contributed by atoms with Crippen LogP contribution in [0.15, 0.2) is 52.1 Å². The van der Waals surface area contributed by atoms with Crippen LogP contribution in [-0.4, -0.2) is 47.7 Å². The van der Waals surface area contributed by atoms with Gasteiger partial charge in [-0.05, 0) is 49.7 Å². The number of aromatic nitrogens is 2. The quantitative estimate of drug-likeness (QED) is 0.434. The van der Waals surface area contributed by atoms with E-state index in [0.29, 0.717) is 47.7 Å². The van der Waals surface area contributed by atoms with Gasteiger partial charge >= 0.3 is 5.69 Å². The molecule has 1 amide bonds. The summed E-state index contributed by atoms with van der Waals surface area (Å²) in [5, 5.41) is 0.373. The van der Waals surface area contributed by atoms with Crippen LogP contribution < -0.4 is 20.7 Å². The van der Waals surface area contributed by atoms with E-state index < -0.39 is 5.69 Å². The molecule has 2 aromatic carbocycles. The number of aromatic amines is 1. The first kappa shape index (κ1) is 25.5. The van der Waals surface area contributed by atoms with Crippen LogP contribution in [0.1, 0.15) is 44.1 Å². The fraction of sp³-hybridized carbons (Fsp3) is 0.464. The van der Waals surface area contributed by atoms with Gasteiger partial charge in [0.2, 0.25) is 5.91 Å². The van der Waals surface area contributed by atoms with Gasteiger partial charge in [-0.15, -0.1) is 0 Å². The molecule has 0 spiro atoms. The van der Waals surface area contributed by atoms with Crippen molar-refractivity contribution in [2.45, 2.75) is 51.5 Å². The standard InChI is InChI=1S/C28H35N3O5/c1-35-24-18-22-23(19-25(24)36-2)29-28(34)31(27(22)33)14-8-4-7-11-26(32)30-15-12-21(13-16-30)17-20-9-5-3-6-10-20/h3,5-6,9-10,18-19,21H,4,7-8,11-17H2,1-2H3,(H,29,34). The van der Waals surface area contributed by atoms with Gasteiger partial charge in [0, 0.05) is 32.1 Å². The maximum atomic E-state index is 12.9. The highest BCUT2D eigenvalue weighted by Crippen LogP contribution is 2.29. The number of amides is 1. The SMILES string of the molecule is COc1cc2[nH]c(=O)n(CCCCCC(=O)N3CCC(Cc4ccccc4)CC3)c(=O)c2cc1OC. The molecule has 1 aromatic heterocycles. The molecule has 1 aliphatic heterocycles. The van der Waals surface area contributed by atoms with Crippen LogP contribution in [0, 0.1) is 5.92 Å². The molecule has 0 bridgehead atoms. The average Bonchev–Trinajstić information content (AvgIpc) is 2.90. The van der Waals surface area contributed by atoms with Crippen LogP contribution in [0.25, 0.3) is 10.9 Å². The maximum absolute atomic E-state index is 12.9. The number of nitrogens with one attached hydrogen (secondary N) is 1. The molecule has 8 heteroatoms. The molecular formula is C28H35N3O5. The first-order chi connectivity index (χ1) is 17.5. The number of unbranched alkanes of at least 4 members (excludes halogenated alkanes) is 2. The highest BCUT2D eigenvalue weighted by Gasteiger charge is 2.22.